The number of hydrogen-bond acceptors (Lipinski definition) is 3. The number of fused-ring (bicyclic) bond motifs is 1. The average Bonchev–Trinajstić information content (AvgIpc) is 2.38. The second kappa shape index (κ2) is 4.07. The molecule has 0 aliphatic rings. The third kappa shape index (κ3) is 1.88. The summed E-state index contributed by atoms with van der Waals surface area (Å²) in [6.45, 7) is 1.97. The smallest absolute Gasteiger partial charge is 0.264 e. The topological polar surface area (TPSA) is 58.6 Å². The van der Waals surface area contributed by atoms with Gasteiger partial charge in [0.2, 0.25) is 0 Å². The summed E-state index contributed by atoms with van der Waals surface area (Å²) in [6.07, 6.45) is 1.64. The van der Waals surface area contributed by atoms with E-state index in [0.29, 0.717) is 0 Å². The zero-order valence-electron chi connectivity index (χ0n) is 9.84. The summed E-state index contributed by atoms with van der Waals surface area (Å²) >= 11 is 0. The van der Waals surface area contributed by atoms with Crippen molar-refractivity contribution in [3.63, 3.8) is 0 Å². The fourth-order valence-corrected chi connectivity index (χ4v) is 1.94. The minimum Gasteiger partial charge on any atom is -0.268 e. The maximum absolute atomic E-state index is 11.2. The lowest BCUT2D eigenvalue weighted by molar-refractivity contribution is 0.991. The molecule has 0 aliphatic carbocycles. The summed E-state index contributed by atoms with van der Waals surface area (Å²) in [4.78, 5) is 15.7. The van der Waals surface area contributed by atoms with Crippen LogP contribution in [0.5, 0.6) is 0 Å². The highest BCUT2D eigenvalue weighted by molar-refractivity contribution is 5.84. The molecular formula is C14H11N3O. The molecule has 0 saturated heterocycles. The monoisotopic (exact) mass is 237 g/mol. The zero-order valence-corrected chi connectivity index (χ0v) is 9.84. The first-order valence-electron chi connectivity index (χ1n) is 5.65. The molecule has 4 nitrogen and oxygen atoms in total. The fourth-order valence-electron chi connectivity index (χ4n) is 1.94. The van der Waals surface area contributed by atoms with Gasteiger partial charge in [0.25, 0.3) is 5.56 Å². The van der Waals surface area contributed by atoms with Gasteiger partial charge in [0, 0.05) is 22.7 Å². The third-order valence-corrected chi connectivity index (χ3v) is 2.83. The van der Waals surface area contributed by atoms with Gasteiger partial charge in [-0.3, -0.25) is 9.78 Å². The summed E-state index contributed by atoms with van der Waals surface area (Å²) in [5.41, 5.74) is 3.52. The number of benzene rings is 1. The Balaban J connectivity index is 2.19. The molecule has 88 valence electrons. The van der Waals surface area contributed by atoms with Gasteiger partial charge in [0.1, 0.15) is 0 Å². The van der Waals surface area contributed by atoms with Crippen LogP contribution in [0.25, 0.3) is 22.0 Å². The number of rotatable bonds is 1. The van der Waals surface area contributed by atoms with Crippen molar-refractivity contribution in [2.24, 2.45) is 0 Å². The van der Waals surface area contributed by atoms with E-state index in [1.807, 2.05) is 37.3 Å². The highest BCUT2D eigenvalue weighted by atomic mass is 16.1. The van der Waals surface area contributed by atoms with Crippen LogP contribution in [0.15, 0.2) is 47.4 Å². The normalized spacial score (nSPS) is 10.7. The molecule has 0 bridgehead atoms. The second-order valence-electron chi connectivity index (χ2n) is 4.19. The summed E-state index contributed by atoms with van der Waals surface area (Å²) in [5, 5.41) is 7.22. The van der Waals surface area contributed by atoms with Crippen molar-refractivity contribution in [3.8, 4) is 11.1 Å². The average molecular weight is 237 g/mol. The van der Waals surface area contributed by atoms with E-state index in [9.17, 15) is 4.79 Å². The Morgan fingerprint density at radius 3 is 2.78 bits per heavy atom. The SMILES string of the molecule is Cc1ccc2cc(-c3cn[nH]c(=O)c3)ccc2n1. The molecule has 3 aromatic rings. The van der Waals surface area contributed by atoms with E-state index in [1.54, 1.807) is 6.20 Å². The molecule has 0 spiro atoms. The largest absolute Gasteiger partial charge is 0.268 e. The summed E-state index contributed by atoms with van der Waals surface area (Å²) < 4.78 is 0. The van der Waals surface area contributed by atoms with Gasteiger partial charge >= 0.3 is 0 Å². The van der Waals surface area contributed by atoms with Crippen LogP contribution in [0, 0.1) is 6.92 Å². The summed E-state index contributed by atoms with van der Waals surface area (Å²) in [5.74, 6) is 0. The molecule has 18 heavy (non-hydrogen) atoms. The van der Waals surface area contributed by atoms with Crippen molar-refractivity contribution in [2.75, 3.05) is 0 Å². The van der Waals surface area contributed by atoms with Gasteiger partial charge in [0.05, 0.1) is 11.7 Å². The maximum atomic E-state index is 11.2. The standard InChI is InChI=1S/C14H11N3O/c1-9-2-3-11-6-10(4-5-13(11)16-9)12-7-14(18)17-15-8-12/h2-8H,1H3,(H,17,18). The molecule has 2 heterocycles. The van der Waals surface area contributed by atoms with Gasteiger partial charge in [-0.25, -0.2) is 5.10 Å². The van der Waals surface area contributed by atoms with Crippen LogP contribution in [-0.2, 0) is 0 Å². The van der Waals surface area contributed by atoms with E-state index >= 15 is 0 Å². The Bertz CT molecular complexity index is 777. The van der Waals surface area contributed by atoms with E-state index in [0.717, 1.165) is 27.7 Å². The van der Waals surface area contributed by atoms with Crippen LogP contribution in [-0.4, -0.2) is 15.2 Å². The molecule has 0 radical (unpaired) electrons. The Morgan fingerprint density at radius 1 is 1.06 bits per heavy atom. The minimum atomic E-state index is -0.199. The lowest BCUT2D eigenvalue weighted by atomic mass is 10.1. The molecule has 1 aromatic carbocycles. The lowest BCUT2D eigenvalue weighted by Gasteiger charge is -2.03. The summed E-state index contributed by atoms with van der Waals surface area (Å²) in [7, 11) is 0. The first-order chi connectivity index (χ1) is 8.72. The number of pyridine rings is 1. The Morgan fingerprint density at radius 2 is 1.94 bits per heavy atom. The van der Waals surface area contributed by atoms with Gasteiger partial charge in [0.15, 0.2) is 0 Å². The minimum absolute atomic E-state index is 0.199. The van der Waals surface area contributed by atoms with Crippen molar-refractivity contribution in [2.45, 2.75) is 6.92 Å². The first-order valence-corrected chi connectivity index (χ1v) is 5.65. The van der Waals surface area contributed by atoms with E-state index in [-0.39, 0.29) is 5.56 Å². The molecule has 0 unspecified atom stereocenters. The second-order valence-corrected chi connectivity index (χ2v) is 4.19. The van der Waals surface area contributed by atoms with Crippen LogP contribution < -0.4 is 5.56 Å². The number of hydrogen-bond donors (Lipinski definition) is 1. The highest BCUT2D eigenvalue weighted by Gasteiger charge is 2.02. The van der Waals surface area contributed by atoms with Crippen molar-refractivity contribution in [3.05, 3.63) is 58.6 Å². The Hall–Kier alpha value is -2.49. The predicted octanol–water partition coefficient (Wildman–Crippen LogP) is 2.29. The fraction of sp³-hybridized carbons (Fsp3) is 0.0714. The quantitative estimate of drug-likeness (QED) is 0.706. The first kappa shape index (κ1) is 10.7. The number of aromatic amines is 1. The Labute approximate surface area is 103 Å². The molecule has 2 aromatic heterocycles. The number of nitrogens with zero attached hydrogens (tertiary/aromatic N) is 2. The van der Waals surface area contributed by atoms with E-state index in [2.05, 4.69) is 15.2 Å². The molecule has 0 atom stereocenters. The van der Waals surface area contributed by atoms with Crippen LogP contribution in [0.3, 0.4) is 0 Å². The molecule has 0 aliphatic heterocycles. The van der Waals surface area contributed by atoms with Gasteiger partial charge in [-0.05, 0) is 30.7 Å². The molecule has 3 rings (SSSR count). The highest BCUT2D eigenvalue weighted by Crippen LogP contribution is 2.22. The lowest BCUT2D eigenvalue weighted by Crippen LogP contribution is -2.05. The van der Waals surface area contributed by atoms with Crippen molar-refractivity contribution < 1.29 is 0 Å². The number of aromatic nitrogens is 3. The molecule has 1 N–H and O–H groups in total. The molecule has 0 saturated carbocycles. The maximum Gasteiger partial charge on any atom is 0.264 e. The number of H-pyrrole nitrogens is 1. The molecule has 4 heteroatoms. The van der Waals surface area contributed by atoms with E-state index in [4.69, 9.17) is 0 Å². The van der Waals surface area contributed by atoms with E-state index < -0.39 is 0 Å². The molecule has 0 amide bonds. The van der Waals surface area contributed by atoms with Gasteiger partial charge in [-0.1, -0.05) is 12.1 Å². The Kier molecular flexibility index (Phi) is 2.41. The van der Waals surface area contributed by atoms with Gasteiger partial charge in [-0.15, -0.1) is 0 Å². The summed E-state index contributed by atoms with van der Waals surface area (Å²) in [6, 6.07) is 11.5. The van der Waals surface area contributed by atoms with Crippen LogP contribution >= 0.6 is 0 Å². The third-order valence-electron chi connectivity index (χ3n) is 2.83. The number of aryl methyl sites for hydroxylation is 1. The van der Waals surface area contributed by atoms with Crippen molar-refractivity contribution >= 4 is 10.9 Å². The van der Waals surface area contributed by atoms with Crippen LogP contribution in [0.4, 0.5) is 0 Å². The van der Waals surface area contributed by atoms with Gasteiger partial charge < -0.3 is 0 Å². The van der Waals surface area contributed by atoms with E-state index in [1.165, 1.54) is 6.07 Å². The number of nitrogens with one attached hydrogen (secondary N) is 1. The van der Waals surface area contributed by atoms with Crippen LogP contribution in [0.1, 0.15) is 5.69 Å². The molecular weight excluding hydrogens is 226 g/mol. The van der Waals surface area contributed by atoms with Gasteiger partial charge in [-0.2, -0.15) is 5.10 Å². The van der Waals surface area contributed by atoms with Crippen LogP contribution in [0.2, 0.25) is 0 Å². The van der Waals surface area contributed by atoms with Crippen molar-refractivity contribution in [1.82, 2.24) is 15.2 Å². The zero-order chi connectivity index (χ0) is 12.5. The predicted molar refractivity (Wildman–Crippen MR) is 70.3 cm³/mol. The molecule has 0 fully saturated rings. The van der Waals surface area contributed by atoms with Crippen molar-refractivity contribution in [1.29, 1.82) is 0 Å².